The second kappa shape index (κ2) is 4.86. The summed E-state index contributed by atoms with van der Waals surface area (Å²) in [5.41, 5.74) is 4.55. The molecule has 0 atom stereocenters. The number of hydrogen-bond acceptors (Lipinski definition) is 4. The number of aromatic nitrogens is 2. The van der Waals surface area contributed by atoms with Crippen LogP contribution in [0.1, 0.15) is 30.7 Å². The van der Waals surface area contributed by atoms with E-state index in [9.17, 15) is 18.7 Å². The van der Waals surface area contributed by atoms with Crippen molar-refractivity contribution in [1.29, 1.82) is 0 Å². The van der Waals surface area contributed by atoms with Gasteiger partial charge in [0.05, 0.1) is 11.8 Å². The fourth-order valence-electron chi connectivity index (χ4n) is 2.27. The molecule has 2 rings (SSSR count). The van der Waals surface area contributed by atoms with Crippen LogP contribution in [0.15, 0.2) is 6.07 Å². The number of aliphatic hydroxyl groups is 1. The normalized spacial score (nSPS) is 26.5. The van der Waals surface area contributed by atoms with E-state index in [2.05, 4.69) is 10.4 Å². The number of nitrogens with two attached hydrogens (primary N) is 1. The number of rotatable bonds is 5. The van der Waals surface area contributed by atoms with Crippen molar-refractivity contribution in [2.24, 2.45) is 12.8 Å². The van der Waals surface area contributed by atoms with Gasteiger partial charge in [0.1, 0.15) is 11.2 Å². The van der Waals surface area contributed by atoms with Gasteiger partial charge in [0.15, 0.2) is 0 Å². The summed E-state index contributed by atoms with van der Waals surface area (Å²) in [5.74, 6) is -0.553. The Labute approximate surface area is 108 Å². The van der Waals surface area contributed by atoms with E-state index in [0.29, 0.717) is 5.69 Å². The van der Waals surface area contributed by atoms with E-state index in [1.54, 1.807) is 0 Å². The Kier molecular flexibility index (Phi) is 3.55. The first-order chi connectivity index (χ1) is 8.84. The van der Waals surface area contributed by atoms with Gasteiger partial charge in [-0.2, -0.15) is 5.10 Å². The highest BCUT2D eigenvalue weighted by atomic mass is 19.3. The van der Waals surface area contributed by atoms with E-state index in [0.717, 1.165) is 4.68 Å². The van der Waals surface area contributed by atoms with Crippen molar-refractivity contribution in [2.75, 3.05) is 0 Å². The molecule has 19 heavy (non-hydrogen) atoms. The molecular formula is C11H16F2N4O2. The fraction of sp³-hybridized carbons (Fsp3) is 0.636. The quantitative estimate of drug-likeness (QED) is 0.694. The third-order valence-corrected chi connectivity index (χ3v) is 3.44. The van der Waals surface area contributed by atoms with E-state index < -0.39 is 24.0 Å². The number of nitrogens with one attached hydrogen (secondary N) is 1. The van der Waals surface area contributed by atoms with E-state index in [1.165, 1.54) is 13.1 Å². The van der Waals surface area contributed by atoms with Crippen LogP contribution < -0.4 is 11.1 Å². The molecule has 0 unspecified atom stereocenters. The molecule has 0 aliphatic heterocycles. The van der Waals surface area contributed by atoms with Gasteiger partial charge >= 0.3 is 0 Å². The van der Waals surface area contributed by atoms with Crippen LogP contribution in [0.4, 0.5) is 8.78 Å². The predicted octanol–water partition coefficient (Wildman–Crippen LogP) is -0.174. The number of carbonyl (C=O) groups is 1. The first kappa shape index (κ1) is 13.9. The van der Waals surface area contributed by atoms with Gasteiger partial charge in [-0.3, -0.25) is 14.8 Å². The highest BCUT2D eigenvalue weighted by Crippen LogP contribution is 2.32. The summed E-state index contributed by atoms with van der Waals surface area (Å²) in [6.07, 6.45) is -2.68. The van der Waals surface area contributed by atoms with Crippen LogP contribution in [-0.4, -0.2) is 32.4 Å². The molecule has 1 aliphatic carbocycles. The lowest BCUT2D eigenvalue weighted by molar-refractivity contribution is -0.133. The Morgan fingerprint density at radius 2 is 2.37 bits per heavy atom. The lowest BCUT2D eigenvalue weighted by Gasteiger charge is -2.43. The number of carbonyl (C=O) groups excluding carboxylic acids is 1. The summed E-state index contributed by atoms with van der Waals surface area (Å²) in [4.78, 5) is 11.4. The lowest BCUT2D eigenvalue weighted by Crippen LogP contribution is -2.64. The van der Waals surface area contributed by atoms with Gasteiger partial charge in [-0.1, -0.05) is 0 Å². The number of primary amides is 1. The SMILES string of the molecule is Cn1nc(CNC2(C(N)=O)CC(O)C2)cc1C(F)F. The Morgan fingerprint density at radius 1 is 1.74 bits per heavy atom. The van der Waals surface area contributed by atoms with Crippen molar-refractivity contribution in [3.05, 3.63) is 17.5 Å². The third-order valence-electron chi connectivity index (χ3n) is 3.44. The first-order valence-corrected chi connectivity index (χ1v) is 5.88. The molecule has 1 heterocycles. The number of nitrogens with zero attached hydrogens (tertiary/aromatic N) is 2. The van der Waals surface area contributed by atoms with Crippen molar-refractivity contribution >= 4 is 5.91 Å². The van der Waals surface area contributed by atoms with E-state index in [4.69, 9.17) is 5.73 Å². The topological polar surface area (TPSA) is 93.2 Å². The zero-order valence-corrected chi connectivity index (χ0v) is 10.4. The standard InChI is InChI=1S/C11H16F2N4O2/c1-17-8(9(12)13)2-6(16-17)5-15-11(10(14)19)3-7(18)4-11/h2,7,9,15,18H,3-5H2,1H3,(H2,14,19). The van der Waals surface area contributed by atoms with Crippen LogP contribution >= 0.6 is 0 Å². The van der Waals surface area contributed by atoms with Crippen LogP contribution in [-0.2, 0) is 18.4 Å². The molecule has 8 heteroatoms. The van der Waals surface area contributed by atoms with E-state index in [1.807, 2.05) is 0 Å². The second-order valence-corrected chi connectivity index (χ2v) is 4.85. The average Bonchev–Trinajstić information content (AvgIpc) is 2.64. The zero-order chi connectivity index (χ0) is 14.2. The van der Waals surface area contributed by atoms with Gasteiger partial charge in [-0.05, 0) is 6.07 Å². The molecule has 0 saturated heterocycles. The molecule has 0 spiro atoms. The number of hydrogen-bond donors (Lipinski definition) is 3. The summed E-state index contributed by atoms with van der Waals surface area (Å²) in [5, 5.41) is 16.1. The maximum absolute atomic E-state index is 12.6. The summed E-state index contributed by atoms with van der Waals surface area (Å²) in [6.45, 7) is 0.149. The molecule has 1 aliphatic rings. The molecule has 1 amide bonds. The fourth-order valence-corrected chi connectivity index (χ4v) is 2.27. The number of aliphatic hydroxyl groups excluding tert-OH is 1. The van der Waals surface area contributed by atoms with Crippen LogP contribution in [0.2, 0.25) is 0 Å². The Bertz CT molecular complexity index is 483. The van der Waals surface area contributed by atoms with Crippen molar-refractivity contribution < 1.29 is 18.7 Å². The van der Waals surface area contributed by atoms with Crippen LogP contribution in [0, 0.1) is 0 Å². The van der Waals surface area contributed by atoms with Crippen LogP contribution in [0.5, 0.6) is 0 Å². The molecule has 0 radical (unpaired) electrons. The Hall–Kier alpha value is -1.54. The average molecular weight is 274 g/mol. The molecule has 4 N–H and O–H groups in total. The number of aryl methyl sites for hydroxylation is 1. The van der Waals surface area contributed by atoms with Crippen molar-refractivity contribution in [1.82, 2.24) is 15.1 Å². The highest BCUT2D eigenvalue weighted by Gasteiger charge is 2.48. The van der Waals surface area contributed by atoms with Crippen molar-refractivity contribution in [2.45, 2.75) is 37.5 Å². The predicted molar refractivity (Wildman–Crippen MR) is 62.2 cm³/mol. The van der Waals surface area contributed by atoms with E-state index in [-0.39, 0.29) is 25.1 Å². The summed E-state index contributed by atoms with van der Waals surface area (Å²) < 4.78 is 26.3. The van der Waals surface area contributed by atoms with Gasteiger partial charge < -0.3 is 10.8 Å². The molecule has 1 saturated carbocycles. The molecule has 106 valence electrons. The summed E-state index contributed by atoms with van der Waals surface area (Å²) in [7, 11) is 1.43. The molecule has 1 aromatic rings. The van der Waals surface area contributed by atoms with Gasteiger partial charge in [-0.25, -0.2) is 8.78 Å². The Morgan fingerprint density at radius 3 is 2.79 bits per heavy atom. The lowest BCUT2D eigenvalue weighted by atomic mass is 9.73. The van der Waals surface area contributed by atoms with Gasteiger partial charge in [0.2, 0.25) is 5.91 Å². The maximum Gasteiger partial charge on any atom is 0.280 e. The summed E-state index contributed by atoms with van der Waals surface area (Å²) in [6, 6.07) is 1.28. The molecule has 0 aromatic carbocycles. The maximum atomic E-state index is 12.6. The molecule has 6 nitrogen and oxygen atoms in total. The second-order valence-electron chi connectivity index (χ2n) is 4.85. The minimum atomic E-state index is -2.60. The largest absolute Gasteiger partial charge is 0.393 e. The minimum Gasteiger partial charge on any atom is -0.393 e. The van der Waals surface area contributed by atoms with Crippen molar-refractivity contribution in [3.8, 4) is 0 Å². The molecule has 1 aromatic heterocycles. The monoisotopic (exact) mass is 274 g/mol. The van der Waals surface area contributed by atoms with Crippen LogP contribution in [0.3, 0.4) is 0 Å². The Balaban J connectivity index is 2.02. The zero-order valence-electron chi connectivity index (χ0n) is 10.4. The minimum absolute atomic E-state index is 0.149. The molecular weight excluding hydrogens is 258 g/mol. The number of alkyl halides is 2. The van der Waals surface area contributed by atoms with Gasteiger partial charge in [-0.15, -0.1) is 0 Å². The van der Waals surface area contributed by atoms with E-state index >= 15 is 0 Å². The molecule has 0 bridgehead atoms. The first-order valence-electron chi connectivity index (χ1n) is 5.88. The number of amides is 1. The smallest absolute Gasteiger partial charge is 0.280 e. The van der Waals surface area contributed by atoms with Crippen LogP contribution in [0.25, 0.3) is 0 Å². The van der Waals surface area contributed by atoms with Gasteiger partial charge in [0, 0.05) is 26.4 Å². The summed E-state index contributed by atoms with van der Waals surface area (Å²) >= 11 is 0. The third kappa shape index (κ3) is 2.59. The van der Waals surface area contributed by atoms with Gasteiger partial charge in [0.25, 0.3) is 6.43 Å². The highest BCUT2D eigenvalue weighted by molar-refractivity contribution is 5.86. The van der Waals surface area contributed by atoms with Crippen molar-refractivity contribution in [3.63, 3.8) is 0 Å². The number of halogens is 2. The molecule has 1 fully saturated rings.